The number of hydrogen-bond acceptors (Lipinski definition) is 4. The third kappa shape index (κ3) is 2.76. The van der Waals surface area contributed by atoms with Crippen LogP contribution in [-0.2, 0) is 4.74 Å². The molecule has 1 heterocycles. The van der Waals surface area contributed by atoms with Gasteiger partial charge in [0.05, 0.1) is 26.4 Å². The Morgan fingerprint density at radius 3 is 2.55 bits per heavy atom. The van der Waals surface area contributed by atoms with Crippen molar-refractivity contribution in [1.29, 1.82) is 0 Å². The van der Waals surface area contributed by atoms with Gasteiger partial charge in [0.25, 0.3) is 0 Å². The molecular formula is C16H24O4. The van der Waals surface area contributed by atoms with Crippen molar-refractivity contribution in [2.24, 2.45) is 5.92 Å². The van der Waals surface area contributed by atoms with Crippen LogP contribution in [0.3, 0.4) is 0 Å². The van der Waals surface area contributed by atoms with E-state index in [0.29, 0.717) is 11.5 Å². The highest BCUT2D eigenvalue weighted by Crippen LogP contribution is 2.39. The lowest BCUT2D eigenvalue weighted by molar-refractivity contribution is 0.0304. The van der Waals surface area contributed by atoms with E-state index in [1.54, 1.807) is 14.2 Å². The fourth-order valence-electron chi connectivity index (χ4n) is 2.99. The van der Waals surface area contributed by atoms with Crippen LogP contribution in [0.1, 0.15) is 37.0 Å². The first-order chi connectivity index (χ1) is 9.62. The second-order valence-corrected chi connectivity index (χ2v) is 5.28. The van der Waals surface area contributed by atoms with Crippen LogP contribution >= 0.6 is 0 Å². The predicted molar refractivity (Wildman–Crippen MR) is 77.4 cm³/mol. The van der Waals surface area contributed by atoms with Gasteiger partial charge in [0.15, 0.2) is 11.5 Å². The maximum absolute atomic E-state index is 10.7. The molecule has 1 aliphatic rings. The van der Waals surface area contributed by atoms with Gasteiger partial charge in [-0.3, -0.25) is 0 Å². The van der Waals surface area contributed by atoms with Crippen molar-refractivity contribution in [2.75, 3.05) is 20.8 Å². The molecule has 0 saturated carbocycles. The summed E-state index contributed by atoms with van der Waals surface area (Å²) in [7, 11) is 3.22. The SMILES string of the molecule is CCC1OCCC1C(O)c1cc(OC)c(OC)cc1C. The Kier molecular flexibility index (Phi) is 4.89. The molecule has 0 aliphatic carbocycles. The van der Waals surface area contributed by atoms with E-state index in [1.807, 2.05) is 19.1 Å². The molecule has 1 N–H and O–H groups in total. The summed E-state index contributed by atoms with van der Waals surface area (Å²) in [6.45, 7) is 4.81. The van der Waals surface area contributed by atoms with Crippen LogP contribution < -0.4 is 9.47 Å². The number of benzene rings is 1. The largest absolute Gasteiger partial charge is 0.493 e. The first kappa shape index (κ1) is 15.1. The molecule has 0 spiro atoms. The molecule has 0 amide bonds. The molecule has 20 heavy (non-hydrogen) atoms. The molecule has 1 fully saturated rings. The number of aliphatic hydroxyl groups is 1. The molecule has 3 unspecified atom stereocenters. The number of aliphatic hydroxyl groups excluding tert-OH is 1. The van der Waals surface area contributed by atoms with Gasteiger partial charge in [-0.05, 0) is 43.0 Å². The van der Waals surface area contributed by atoms with E-state index >= 15 is 0 Å². The Hall–Kier alpha value is -1.26. The van der Waals surface area contributed by atoms with Gasteiger partial charge < -0.3 is 19.3 Å². The lowest BCUT2D eigenvalue weighted by Gasteiger charge is -2.25. The highest BCUT2D eigenvalue weighted by Gasteiger charge is 2.34. The second-order valence-electron chi connectivity index (χ2n) is 5.28. The highest BCUT2D eigenvalue weighted by atomic mass is 16.5. The lowest BCUT2D eigenvalue weighted by atomic mass is 9.87. The van der Waals surface area contributed by atoms with Crippen LogP contribution in [0.5, 0.6) is 11.5 Å². The Balaban J connectivity index is 2.31. The molecular weight excluding hydrogens is 256 g/mol. The summed E-state index contributed by atoms with van der Waals surface area (Å²) < 4.78 is 16.3. The average molecular weight is 280 g/mol. The monoisotopic (exact) mass is 280 g/mol. The van der Waals surface area contributed by atoms with Crippen molar-refractivity contribution in [3.8, 4) is 11.5 Å². The Morgan fingerprint density at radius 1 is 1.30 bits per heavy atom. The third-order valence-electron chi connectivity index (χ3n) is 4.16. The van der Waals surface area contributed by atoms with Gasteiger partial charge in [-0.1, -0.05) is 6.92 Å². The van der Waals surface area contributed by atoms with Gasteiger partial charge in [-0.25, -0.2) is 0 Å². The highest BCUT2D eigenvalue weighted by molar-refractivity contribution is 5.48. The topological polar surface area (TPSA) is 47.9 Å². The molecule has 4 nitrogen and oxygen atoms in total. The molecule has 1 aliphatic heterocycles. The van der Waals surface area contributed by atoms with Gasteiger partial charge in [0.2, 0.25) is 0 Å². The van der Waals surface area contributed by atoms with E-state index in [-0.39, 0.29) is 12.0 Å². The lowest BCUT2D eigenvalue weighted by Crippen LogP contribution is -2.22. The number of aryl methyl sites for hydroxylation is 1. The minimum absolute atomic E-state index is 0.137. The molecule has 2 rings (SSSR count). The summed E-state index contributed by atoms with van der Waals surface area (Å²) in [5.41, 5.74) is 1.91. The van der Waals surface area contributed by atoms with E-state index in [9.17, 15) is 5.11 Å². The van der Waals surface area contributed by atoms with Crippen molar-refractivity contribution >= 4 is 0 Å². The van der Waals surface area contributed by atoms with E-state index in [1.165, 1.54) is 0 Å². The summed E-state index contributed by atoms with van der Waals surface area (Å²) in [6.07, 6.45) is 1.43. The van der Waals surface area contributed by atoms with E-state index in [0.717, 1.165) is 30.6 Å². The maximum atomic E-state index is 10.7. The van der Waals surface area contributed by atoms with E-state index < -0.39 is 6.10 Å². The fraction of sp³-hybridized carbons (Fsp3) is 0.625. The molecule has 3 atom stereocenters. The zero-order valence-electron chi connectivity index (χ0n) is 12.7. The number of hydrogen-bond donors (Lipinski definition) is 1. The van der Waals surface area contributed by atoms with E-state index in [2.05, 4.69) is 6.92 Å². The van der Waals surface area contributed by atoms with Crippen molar-refractivity contribution in [3.05, 3.63) is 23.3 Å². The summed E-state index contributed by atoms with van der Waals surface area (Å²) in [5, 5.41) is 10.7. The van der Waals surface area contributed by atoms with Crippen molar-refractivity contribution in [3.63, 3.8) is 0 Å². The zero-order chi connectivity index (χ0) is 14.7. The zero-order valence-corrected chi connectivity index (χ0v) is 12.7. The Labute approximate surface area is 120 Å². The van der Waals surface area contributed by atoms with Gasteiger partial charge in [0.1, 0.15) is 0 Å². The number of methoxy groups -OCH3 is 2. The quantitative estimate of drug-likeness (QED) is 0.901. The summed E-state index contributed by atoms with van der Waals surface area (Å²) in [4.78, 5) is 0. The van der Waals surface area contributed by atoms with Gasteiger partial charge in [0, 0.05) is 12.5 Å². The summed E-state index contributed by atoms with van der Waals surface area (Å²) in [6, 6.07) is 3.79. The molecule has 1 saturated heterocycles. The molecule has 112 valence electrons. The van der Waals surface area contributed by atoms with Gasteiger partial charge >= 0.3 is 0 Å². The summed E-state index contributed by atoms with van der Waals surface area (Å²) in [5.74, 6) is 1.49. The standard InChI is InChI=1S/C16H24O4/c1-5-13-11(6-7-20-13)16(17)12-9-15(19-4)14(18-3)8-10(12)2/h8-9,11,13,16-17H,5-7H2,1-4H3. The Morgan fingerprint density at radius 2 is 1.95 bits per heavy atom. The van der Waals surface area contributed by atoms with Crippen LogP contribution in [0.25, 0.3) is 0 Å². The van der Waals surface area contributed by atoms with Gasteiger partial charge in [-0.2, -0.15) is 0 Å². The fourth-order valence-corrected chi connectivity index (χ4v) is 2.99. The van der Waals surface area contributed by atoms with Crippen LogP contribution in [0, 0.1) is 12.8 Å². The van der Waals surface area contributed by atoms with Crippen LogP contribution in [-0.4, -0.2) is 32.0 Å². The first-order valence-electron chi connectivity index (χ1n) is 7.14. The molecule has 4 heteroatoms. The van der Waals surface area contributed by atoms with Crippen LogP contribution in [0.4, 0.5) is 0 Å². The number of rotatable bonds is 5. The first-order valence-corrected chi connectivity index (χ1v) is 7.14. The third-order valence-corrected chi connectivity index (χ3v) is 4.16. The van der Waals surface area contributed by atoms with Crippen molar-refractivity contribution in [1.82, 2.24) is 0 Å². The second kappa shape index (κ2) is 6.46. The average Bonchev–Trinajstić information content (AvgIpc) is 2.94. The molecule has 0 aromatic heterocycles. The molecule has 0 bridgehead atoms. The van der Waals surface area contributed by atoms with Crippen molar-refractivity contribution < 1.29 is 19.3 Å². The predicted octanol–water partition coefficient (Wildman–Crippen LogP) is 2.86. The normalized spacial score (nSPS) is 23.6. The van der Waals surface area contributed by atoms with E-state index in [4.69, 9.17) is 14.2 Å². The summed E-state index contributed by atoms with van der Waals surface area (Å²) >= 11 is 0. The van der Waals surface area contributed by atoms with Crippen LogP contribution in [0.15, 0.2) is 12.1 Å². The van der Waals surface area contributed by atoms with Crippen LogP contribution in [0.2, 0.25) is 0 Å². The minimum atomic E-state index is -0.526. The minimum Gasteiger partial charge on any atom is -0.493 e. The smallest absolute Gasteiger partial charge is 0.161 e. The molecule has 1 aromatic carbocycles. The Bertz CT molecular complexity index is 458. The van der Waals surface area contributed by atoms with Crippen molar-refractivity contribution in [2.45, 2.75) is 38.9 Å². The molecule has 1 aromatic rings. The number of ether oxygens (including phenoxy) is 3. The maximum Gasteiger partial charge on any atom is 0.161 e. The van der Waals surface area contributed by atoms with Gasteiger partial charge in [-0.15, -0.1) is 0 Å². The molecule has 0 radical (unpaired) electrons.